The van der Waals surface area contributed by atoms with Gasteiger partial charge in [0, 0.05) is 28.4 Å². The van der Waals surface area contributed by atoms with Gasteiger partial charge in [-0.25, -0.2) is 4.79 Å². The summed E-state index contributed by atoms with van der Waals surface area (Å²) in [7, 11) is 1.67. The molecule has 0 aliphatic heterocycles. The minimum absolute atomic E-state index is 0.0664. The molecule has 1 aromatic heterocycles. The molecule has 23 heavy (non-hydrogen) atoms. The van der Waals surface area contributed by atoms with Gasteiger partial charge in [-0.2, -0.15) is 0 Å². The number of nitrogens with one attached hydrogen (secondary N) is 1. The maximum Gasteiger partial charge on any atom is 0.408 e. The highest BCUT2D eigenvalue weighted by molar-refractivity contribution is 9.11. The van der Waals surface area contributed by atoms with Gasteiger partial charge in [0.2, 0.25) is 5.85 Å². The fraction of sp³-hybridized carbons (Fsp3) is 0.583. The highest BCUT2D eigenvalue weighted by Gasteiger charge is 2.40. The number of halogens is 1. The predicted octanol–water partition coefficient (Wildman–Crippen LogP) is 3.34. The molecular formula is C12H19BrNO7PS. The zero-order chi connectivity index (χ0) is 17.5. The van der Waals surface area contributed by atoms with E-state index >= 15 is 0 Å². The predicted molar refractivity (Wildman–Crippen MR) is 88.7 cm³/mol. The van der Waals surface area contributed by atoms with Gasteiger partial charge in [0.1, 0.15) is 0 Å². The summed E-state index contributed by atoms with van der Waals surface area (Å²) in [6, 6.07) is 3.42. The number of carbonyl (C=O) groups is 1. The average Bonchev–Trinajstić information content (AvgIpc) is 2.98. The van der Waals surface area contributed by atoms with Crippen LogP contribution in [0.4, 0.5) is 4.79 Å². The molecule has 1 unspecified atom stereocenters. The Morgan fingerprint density at radius 2 is 1.87 bits per heavy atom. The molecule has 1 aromatic rings. The highest BCUT2D eigenvalue weighted by atomic mass is 79.9. The highest BCUT2D eigenvalue weighted by Crippen LogP contribution is 2.61. The van der Waals surface area contributed by atoms with Crippen LogP contribution < -0.4 is 5.32 Å². The summed E-state index contributed by atoms with van der Waals surface area (Å²) in [5.41, 5.74) is 0. The van der Waals surface area contributed by atoms with E-state index in [1.54, 1.807) is 12.1 Å². The van der Waals surface area contributed by atoms with E-state index in [0.29, 0.717) is 4.88 Å². The molecule has 11 heteroatoms. The van der Waals surface area contributed by atoms with Gasteiger partial charge in [-0.1, -0.05) is 0 Å². The van der Waals surface area contributed by atoms with Crippen molar-refractivity contribution in [2.75, 3.05) is 35.0 Å². The van der Waals surface area contributed by atoms with E-state index in [-0.39, 0.29) is 6.54 Å². The molecule has 0 saturated heterocycles. The third kappa shape index (κ3) is 5.82. The molecule has 0 radical (unpaired) electrons. The monoisotopic (exact) mass is 431 g/mol. The Morgan fingerprint density at radius 1 is 1.26 bits per heavy atom. The van der Waals surface area contributed by atoms with Gasteiger partial charge in [-0.15, -0.1) is 11.3 Å². The van der Waals surface area contributed by atoms with Crippen molar-refractivity contribution < 1.29 is 32.6 Å². The van der Waals surface area contributed by atoms with Crippen LogP contribution >= 0.6 is 34.9 Å². The Hall–Kier alpha value is -0.480. The maximum atomic E-state index is 12.6. The molecule has 0 aliphatic carbocycles. The Balaban J connectivity index is 2.86. The first-order chi connectivity index (χ1) is 10.9. The largest absolute Gasteiger partial charge is 0.427 e. The van der Waals surface area contributed by atoms with E-state index < -0.39 is 25.8 Å². The van der Waals surface area contributed by atoms with Gasteiger partial charge in [0.05, 0.1) is 15.2 Å². The fourth-order valence-electron chi connectivity index (χ4n) is 1.58. The Bertz CT molecular complexity index is 543. The third-order valence-electron chi connectivity index (χ3n) is 2.79. The van der Waals surface area contributed by atoms with Crippen LogP contribution in [0, 0.1) is 0 Å². The molecule has 0 aliphatic rings. The van der Waals surface area contributed by atoms with Crippen molar-refractivity contribution in [3.63, 3.8) is 0 Å². The lowest BCUT2D eigenvalue weighted by atomic mass is 10.5. The summed E-state index contributed by atoms with van der Waals surface area (Å²) in [6.07, 6.45) is -1.42. The minimum atomic E-state index is -3.67. The molecule has 0 fully saturated rings. The lowest BCUT2D eigenvalue weighted by Crippen LogP contribution is -2.35. The first kappa shape index (κ1) is 20.6. The number of hydrogen-bond donors (Lipinski definition) is 1. The van der Waals surface area contributed by atoms with Gasteiger partial charge in [-0.05, 0) is 28.1 Å². The van der Waals surface area contributed by atoms with E-state index in [1.165, 1.54) is 39.8 Å². The van der Waals surface area contributed by atoms with Crippen LogP contribution in [0.1, 0.15) is 10.7 Å². The summed E-state index contributed by atoms with van der Waals surface area (Å²) in [6.45, 7) is 0.0664. The van der Waals surface area contributed by atoms with E-state index in [2.05, 4.69) is 21.2 Å². The molecule has 1 N–H and O–H groups in total. The van der Waals surface area contributed by atoms with Crippen molar-refractivity contribution >= 4 is 41.0 Å². The van der Waals surface area contributed by atoms with Crippen LogP contribution in [-0.4, -0.2) is 47.4 Å². The number of carbonyl (C=O) groups excluding carboxylic acids is 1. The Labute approximate surface area is 147 Å². The summed E-state index contributed by atoms with van der Waals surface area (Å²) in [5, 5.41) is 2.46. The second-order valence-electron chi connectivity index (χ2n) is 4.09. The lowest BCUT2D eigenvalue weighted by Gasteiger charge is -2.23. The zero-order valence-electron chi connectivity index (χ0n) is 13.1. The van der Waals surface area contributed by atoms with Crippen LogP contribution in [0.3, 0.4) is 0 Å². The Kier molecular flexibility index (Phi) is 8.70. The summed E-state index contributed by atoms with van der Waals surface area (Å²) < 4.78 is 38.5. The van der Waals surface area contributed by atoms with E-state index in [4.69, 9.17) is 23.3 Å². The minimum Gasteiger partial charge on any atom is -0.427 e. The van der Waals surface area contributed by atoms with Crippen molar-refractivity contribution in [2.45, 2.75) is 12.1 Å². The molecule has 8 nitrogen and oxygen atoms in total. The summed E-state index contributed by atoms with van der Waals surface area (Å²) in [4.78, 5) is 12.5. The van der Waals surface area contributed by atoms with Crippen LogP contribution in [0.2, 0.25) is 0 Å². The van der Waals surface area contributed by atoms with Crippen LogP contribution in [0.15, 0.2) is 15.9 Å². The number of thiophene rings is 1. The van der Waals surface area contributed by atoms with Gasteiger partial charge in [0.25, 0.3) is 0 Å². The first-order valence-corrected chi connectivity index (χ1v) is 9.58. The molecule has 0 bridgehead atoms. The summed E-state index contributed by atoms with van der Waals surface area (Å²) >= 11 is 4.56. The SMILES string of the molecule is COC(CNC(=O)OC(c1ccc(Br)s1)P(=O)(OC)OC)OC. The molecule has 132 valence electrons. The van der Waals surface area contributed by atoms with Crippen molar-refractivity contribution in [1.29, 1.82) is 0 Å². The van der Waals surface area contributed by atoms with Crippen molar-refractivity contribution in [3.05, 3.63) is 20.8 Å². The van der Waals surface area contributed by atoms with Gasteiger partial charge in [-0.3, -0.25) is 4.57 Å². The second-order valence-corrected chi connectivity index (χ2v) is 8.86. The molecule has 1 heterocycles. The van der Waals surface area contributed by atoms with E-state index in [1.807, 2.05) is 0 Å². The van der Waals surface area contributed by atoms with Crippen molar-refractivity contribution in [1.82, 2.24) is 5.32 Å². The molecule has 0 saturated carbocycles. The zero-order valence-corrected chi connectivity index (χ0v) is 16.4. The number of hydrogen-bond acceptors (Lipinski definition) is 8. The van der Waals surface area contributed by atoms with Gasteiger partial charge >= 0.3 is 13.7 Å². The molecule has 0 spiro atoms. The Morgan fingerprint density at radius 3 is 2.30 bits per heavy atom. The molecule has 1 amide bonds. The topological polar surface area (TPSA) is 92.3 Å². The maximum absolute atomic E-state index is 12.6. The van der Waals surface area contributed by atoms with Gasteiger partial charge < -0.3 is 28.6 Å². The first-order valence-electron chi connectivity index (χ1n) is 6.36. The quantitative estimate of drug-likeness (QED) is 0.473. The van der Waals surface area contributed by atoms with Crippen molar-refractivity contribution in [3.8, 4) is 0 Å². The molecular weight excluding hydrogens is 413 g/mol. The average molecular weight is 432 g/mol. The number of methoxy groups -OCH3 is 2. The molecule has 0 aromatic carbocycles. The standard InChI is InChI=1S/C12H19BrNO7PS/c1-17-10(18-2)7-14-12(15)21-11(22(16,19-3)20-4)8-5-6-9(13)23-8/h5-6,10-11H,7H2,1-4H3,(H,14,15). The van der Waals surface area contributed by atoms with Gasteiger partial charge in [0.15, 0.2) is 6.29 Å². The second kappa shape index (κ2) is 9.73. The molecule has 1 atom stereocenters. The molecule has 1 rings (SSSR count). The van der Waals surface area contributed by atoms with E-state index in [0.717, 1.165) is 3.79 Å². The smallest absolute Gasteiger partial charge is 0.408 e. The lowest BCUT2D eigenvalue weighted by molar-refractivity contribution is -0.0981. The number of rotatable bonds is 9. The van der Waals surface area contributed by atoms with E-state index in [9.17, 15) is 9.36 Å². The summed E-state index contributed by atoms with van der Waals surface area (Å²) in [5.74, 6) is -1.18. The third-order valence-corrected chi connectivity index (χ3v) is 6.61. The van der Waals surface area contributed by atoms with Crippen LogP contribution in [0.5, 0.6) is 0 Å². The normalized spacial score (nSPS) is 13.1. The number of alkyl carbamates (subject to hydrolysis) is 1. The fourth-order valence-corrected chi connectivity index (χ4v) is 4.62. The van der Waals surface area contributed by atoms with Crippen LogP contribution in [-0.2, 0) is 27.8 Å². The van der Waals surface area contributed by atoms with Crippen molar-refractivity contribution in [2.24, 2.45) is 0 Å². The van der Waals surface area contributed by atoms with Crippen LogP contribution in [0.25, 0.3) is 0 Å². The number of ether oxygens (including phenoxy) is 3. The number of amides is 1.